The monoisotopic (exact) mass is 363 g/mol. The van der Waals surface area contributed by atoms with Crippen LogP contribution in [0, 0.1) is 25.2 Å². The summed E-state index contributed by atoms with van der Waals surface area (Å²) in [6.07, 6.45) is 0. The molecule has 2 aromatic heterocycles. The highest BCUT2D eigenvalue weighted by Gasteiger charge is 2.20. The molecule has 0 bridgehead atoms. The van der Waals surface area contributed by atoms with Crippen LogP contribution in [0.2, 0.25) is 0 Å². The first-order valence-corrected chi connectivity index (χ1v) is 8.08. The Morgan fingerprint density at radius 1 is 1.30 bits per heavy atom. The molecule has 3 aromatic rings. The number of carboxylic acid groups (broad SMARTS) is 1. The average molecular weight is 363 g/mol. The lowest BCUT2D eigenvalue weighted by atomic mass is 9.98. The van der Waals surface area contributed by atoms with Crippen LogP contribution in [0.25, 0.3) is 22.4 Å². The lowest BCUT2D eigenvalue weighted by molar-refractivity contribution is -0.137. The van der Waals surface area contributed by atoms with E-state index in [2.05, 4.69) is 16.2 Å². The number of rotatable bonds is 4. The molecule has 0 saturated heterocycles. The van der Waals surface area contributed by atoms with E-state index in [1.54, 1.807) is 32.0 Å². The number of carboxylic acids is 1. The van der Waals surface area contributed by atoms with Gasteiger partial charge in [0.1, 0.15) is 29.7 Å². The highest BCUT2D eigenvalue weighted by Crippen LogP contribution is 2.34. The number of anilines is 1. The summed E-state index contributed by atoms with van der Waals surface area (Å²) in [7, 11) is 0. The molecule has 0 spiro atoms. The van der Waals surface area contributed by atoms with Gasteiger partial charge in [0.15, 0.2) is 0 Å². The van der Waals surface area contributed by atoms with Gasteiger partial charge in [-0.2, -0.15) is 10.4 Å². The Balaban J connectivity index is 2.22. The Labute approximate surface area is 155 Å². The van der Waals surface area contributed by atoms with Gasteiger partial charge in [-0.15, -0.1) is 0 Å². The molecule has 2 heterocycles. The molecule has 0 amide bonds. The summed E-state index contributed by atoms with van der Waals surface area (Å²) in [4.78, 5) is 15.4. The quantitative estimate of drug-likeness (QED) is 0.647. The van der Waals surface area contributed by atoms with E-state index in [1.807, 2.05) is 0 Å². The minimum atomic E-state index is -0.996. The van der Waals surface area contributed by atoms with Gasteiger partial charge in [0, 0.05) is 16.8 Å². The first kappa shape index (κ1) is 17.9. The van der Waals surface area contributed by atoms with E-state index >= 15 is 0 Å². The molecule has 0 atom stereocenters. The van der Waals surface area contributed by atoms with Crippen LogP contribution in [-0.4, -0.2) is 30.9 Å². The van der Waals surface area contributed by atoms with Crippen LogP contribution in [0.5, 0.6) is 5.75 Å². The Morgan fingerprint density at radius 3 is 2.56 bits per heavy atom. The second kappa shape index (κ2) is 6.80. The largest absolute Gasteiger partial charge is 0.508 e. The molecule has 3 rings (SSSR count). The van der Waals surface area contributed by atoms with Gasteiger partial charge in [-0.3, -0.25) is 9.48 Å². The minimum Gasteiger partial charge on any atom is -0.508 e. The zero-order valence-electron chi connectivity index (χ0n) is 14.8. The number of phenols is 1. The molecule has 0 aliphatic carbocycles. The molecule has 1 aromatic carbocycles. The maximum absolute atomic E-state index is 11.0. The summed E-state index contributed by atoms with van der Waals surface area (Å²) in [6.45, 7) is 3.26. The molecule has 0 fully saturated rings. The van der Waals surface area contributed by atoms with Crippen molar-refractivity contribution in [2.45, 2.75) is 20.4 Å². The van der Waals surface area contributed by atoms with Crippen LogP contribution in [0.3, 0.4) is 0 Å². The molecule has 0 saturated carbocycles. The molecule has 27 heavy (non-hydrogen) atoms. The van der Waals surface area contributed by atoms with Gasteiger partial charge in [-0.25, -0.2) is 4.98 Å². The molecular formula is C19H17N5O3. The number of nitrogens with zero attached hydrogens (tertiary/aromatic N) is 4. The third-order valence-corrected chi connectivity index (χ3v) is 4.26. The van der Waals surface area contributed by atoms with E-state index in [9.17, 15) is 15.2 Å². The first-order valence-electron chi connectivity index (χ1n) is 8.08. The van der Waals surface area contributed by atoms with E-state index in [0.717, 1.165) is 0 Å². The topological polar surface area (TPSA) is 138 Å². The van der Waals surface area contributed by atoms with Crippen molar-refractivity contribution in [2.75, 3.05) is 5.73 Å². The standard InChI is InChI=1S/C19H17N5O3/c1-10-18(11(2)24(23-10)9-17(26)27)16-7-14(15(8-20)19(21)22-16)12-3-5-13(25)6-4-12/h3-7,25H,9H2,1-2H3,(H2,21,22)(H,26,27). The van der Waals surface area contributed by atoms with Crippen LogP contribution in [0.4, 0.5) is 5.82 Å². The van der Waals surface area contributed by atoms with Crippen molar-refractivity contribution in [1.82, 2.24) is 14.8 Å². The van der Waals surface area contributed by atoms with Crippen molar-refractivity contribution < 1.29 is 15.0 Å². The number of hydrogen-bond donors (Lipinski definition) is 3. The SMILES string of the molecule is Cc1nn(CC(=O)O)c(C)c1-c1cc(-c2ccc(O)cc2)c(C#N)c(N)n1. The average Bonchev–Trinajstić information content (AvgIpc) is 2.88. The second-order valence-electron chi connectivity index (χ2n) is 6.07. The lowest BCUT2D eigenvalue weighted by Crippen LogP contribution is -2.11. The van der Waals surface area contributed by atoms with Gasteiger partial charge in [-0.05, 0) is 37.6 Å². The number of nitrogen functional groups attached to an aromatic ring is 1. The summed E-state index contributed by atoms with van der Waals surface area (Å²) < 4.78 is 1.39. The number of hydrogen-bond acceptors (Lipinski definition) is 6. The van der Waals surface area contributed by atoms with E-state index in [4.69, 9.17) is 10.8 Å². The van der Waals surface area contributed by atoms with Gasteiger partial charge in [0.05, 0.1) is 11.4 Å². The number of aromatic hydroxyl groups is 1. The van der Waals surface area contributed by atoms with E-state index in [0.29, 0.717) is 33.8 Å². The molecule has 0 aliphatic rings. The maximum Gasteiger partial charge on any atom is 0.325 e. The summed E-state index contributed by atoms with van der Waals surface area (Å²) in [6, 6.07) is 10.2. The van der Waals surface area contributed by atoms with Crippen LogP contribution in [0.15, 0.2) is 30.3 Å². The van der Waals surface area contributed by atoms with Crippen molar-refractivity contribution in [3.05, 3.63) is 47.3 Å². The predicted molar refractivity (Wildman–Crippen MR) is 98.8 cm³/mol. The summed E-state index contributed by atoms with van der Waals surface area (Å²) in [5.74, 6) is -0.812. The summed E-state index contributed by atoms with van der Waals surface area (Å²) in [5.41, 5.74) is 9.96. The van der Waals surface area contributed by atoms with E-state index < -0.39 is 5.97 Å². The van der Waals surface area contributed by atoms with E-state index in [1.165, 1.54) is 16.8 Å². The first-order chi connectivity index (χ1) is 12.8. The number of pyridine rings is 1. The highest BCUT2D eigenvalue weighted by molar-refractivity contribution is 5.81. The zero-order chi connectivity index (χ0) is 19.7. The number of nitrogens with two attached hydrogens (primary N) is 1. The molecule has 0 radical (unpaired) electrons. The summed E-state index contributed by atoms with van der Waals surface area (Å²) in [5, 5.41) is 32.3. The second-order valence-corrected chi connectivity index (χ2v) is 6.07. The highest BCUT2D eigenvalue weighted by atomic mass is 16.4. The van der Waals surface area contributed by atoms with Crippen molar-refractivity contribution in [1.29, 1.82) is 5.26 Å². The minimum absolute atomic E-state index is 0.0721. The Hall–Kier alpha value is -3.86. The molecule has 0 aliphatic heterocycles. The van der Waals surface area contributed by atoms with Gasteiger partial charge < -0.3 is 15.9 Å². The normalized spacial score (nSPS) is 10.6. The van der Waals surface area contributed by atoms with Crippen molar-refractivity contribution >= 4 is 11.8 Å². The predicted octanol–water partition coefficient (Wildman–Crippen LogP) is 2.47. The third-order valence-electron chi connectivity index (χ3n) is 4.26. The number of aromatic nitrogens is 3. The summed E-state index contributed by atoms with van der Waals surface area (Å²) >= 11 is 0. The molecular weight excluding hydrogens is 346 g/mol. The van der Waals surface area contributed by atoms with Crippen molar-refractivity contribution in [3.8, 4) is 34.2 Å². The number of carbonyl (C=O) groups is 1. The van der Waals surface area contributed by atoms with Crippen LogP contribution in [0.1, 0.15) is 17.0 Å². The fourth-order valence-electron chi connectivity index (χ4n) is 3.03. The number of aliphatic carboxylic acids is 1. The van der Waals surface area contributed by atoms with Gasteiger partial charge in [0.2, 0.25) is 0 Å². The fraction of sp³-hybridized carbons (Fsp3) is 0.158. The van der Waals surface area contributed by atoms with Crippen molar-refractivity contribution in [3.63, 3.8) is 0 Å². The number of phenolic OH excluding ortho intramolecular Hbond substituents is 1. The Kier molecular flexibility index (Phi) is 4.52. The molecule has 0 unspecified atom stereocenters. The molecule has 8 heteroatoms. The molecule has 8 nitrogen and oxygen atoms in total. The van der Waals surface area contributed by atoms with Crippen LogP contribution >= 0.6 is 0 Å². The van der Waals surface area contributed by atoms with Gasteiger partial charge in [0.25, 0.3) is 0 Å². The fourth-order valence-corrected chi connectivity index (χ4v) is 3.03. The Bertz CT molecular complexity index is 1080. The smallest absolute Gasteiger partial charge is 0.325 e. The number of aryl methyl sites for hydroxylation is 1. The van der Waals surface area contributed by atoms with E-state index in [-0.39, 0.29) is 23.7 Å². The molecule has 4 N–H and O–H groups in total. The third kappa shape index (κ3) is 3.30. The van der Waals surface area contributed by atoms with Gasteiger partial charge in [-0.1, -0.05) is 12.1 Å². The maximum atomic E-state index is 11.0. The Morgan fingerprint density at radius 2 is 1.96 bits per heavy atom. The van der Waals surface area contributed by atoms with Gasteiger partial charge >= 0.3 is 5.97 Å². The van der Waals surface area contributed by atoms with Crippen molar-refractivity contribution in [2.24, 2.45) is 0 Å². The van der Waals surface area contributed by atoms with Crippen LogP contribution in [-0.2, 0) is 11.3 Å². The number of nitriles is 1. The molecule has 136 valence electrons. The lowest BCUT2D eigenvalue weighted by Gasteiger charge is -2.11. The zero-order valence-corrected chi connectivity index (χ0v) is 14.8. The van der Waals surface area contributed by atoms with Crippen LogP contribution < -0.4 is 5.73 Å². The number of benzene rings is 1.